The zero-order valence-electron chi connectivity index (χ0n) is 10.5. The van der Waals surface area contributed by atoms with Crippen LogP contribution in [0, 0.1) is 0 Å². The molecule has 0 amide bonds. The zero-order chi connectivity index (χ0) is 13.2. The van der Waals surface area contributed by atoms with Crippen molar-refractivity contribution in [2.24, 2.45) is 0 Å². The van der Waals surface area contributed by atoms with Crippen molar-refractivity contribution in [3.8, 4) is 0 Å². The molecule has 18 heavy (non-hydrogen) atoms. The van der Waals surface area contributed by atoms with Gasteiger partial charge in [0.25, 0.3) is 0 Å². The van der Waals surface area contributed by atoms with Gasteiger partial charge in [0, 0.05) is 0 Å². The highest BCUT2D eigenvalue weighted by molar-refractivity contribution is 5.89. The molecule has 0 aromatic heterocycles. The van der Waals surface area contributed by atoms with E-state index in [1.54, 1.807) is 12.1 Å². The molecule has 0 saturated heterocycles. The van der Waals surface area contributed by atoms with E-state index in [4.69, 9.17) is 0 Å². The first kappa shape index (κ1) is 14.2. The SMILES string of the molecule is COC(=O)c1ccc(CCCCCO[C]=O)cc1. The highest BCUT2D eigenvalue weighted by atomic mass is 16.5. The number of unbranched alkanes of at least 4 members (excludes halogenated alkanes) is 2. The first-order chi connectivity index (χ1) is 8.77. The number of benzene rings is 1. The van der Waals surface area contributed by atoms with E-state index in [0.717, 1.165) is 25.7 Å². The second-order valence-corrected chi connectivity index (χ2v) is 3.93. The van der Waals surface area contributed by atoms with Crippen LogP contribution >= 0.6 is 0 Å². The van der Waals surface area contributed by atoms with E-state index in [1.807, 2.05) is 12.1 Å². The fraction of sp³-hybridized carbons (Fsp3) is 0.429. The van der Waals surface area contributed by atoms with Crippen molar-refractivity contribution < 1.29 is 19.1 Å². The number of rotatable bonds is 8. The van der Waals surface area contributed by atoms with Crippen LogP contribution in [-0.4, -0.2) is 26.2 Å². The van der Waals surface area contributed by atoms with E-state index in [0.29, 0.717) is 12.2 Å². The van der Waals surface area contributed by atoms with Crippen molar-refractivity contribution in [2.45, 2.75) is 25.7 Å². The third-order valence-corrected chi connectivity index (χ3v) is 2.65. The van der Waals surface area contributed by atoms with E-state index < -0.39 is 0 Å². The molecule has 1 aromatic carbocycles. The fourth-order valence-corrected chi connectivity index (χ4v) is 1.65. The van der Waals surface area contributed by atoms with Crippen LogP contribution < -0.4 is 0 Å². The smallest absolute Gasteiger partial charge is 0.417 e. The van der Waals surface area contributed by atoms with Gasteiger partial charge in [-0.2, -0.15) is 0 Å². The lowest BCUT2D eigenvalue weighted by atomic mass is 10.1. The molecule has 0 aliphatic carbocycles. The first-order valence-electron chi connectivity index (χ1n) is 5.94. The molecule has 0 N–H and O–H groups in total. The summed E-state index contributed by atoms with van der Waals surface area (Å²) in [5, 5.41) is 0. The van der Waals surface area contributed by atoms with Crippen LogP contribution in [0.2, 0.25) is 0 Å². The van der Waals surface area contributed by atoms with Gasteiger partial charge in [0.2, 0.25) is 0 Å². The van der Waals surface area contributed by atoms with Gasteiger partial charge in [0.1, 0.15) is 0 Å². The molecule has 0 atom stereocenters. The topological polar surface area (TPSA) is 52.6 Å². The predicted octanol–water partition coefficient (Wildman–Crippen LogP) is 2.27. The number of aryl methyl sites for hydroxylation is 1. The lowest BCUT2D eigenvalue weighted by molar-refractivity contribution is 0.0600. The van der Waals surface area contributed by atoms with Crippen molar-refractivity contribution in [2.75, 3.05) is 13.7 Å². The van der Waals surface area contributed by atoms with Gasteiger partial charge in [-0.25, -0.2) is 9.59 Å². The average Bonchev–Trinajstić information content (AvgIpc) is 2.42. The predicted molar refractivity (Wildman–Crippen MR) is 67.0 cm³/mol. The average molecular weight is 249 g/mol. The molecule has 0 heterocycles. The van der Waals surface area contributed by atoms with Gasteiger partial charge in [-0.3, -0.25) is 0 Å². The summed E-state index contributed by atoms with van der Waals surface area (Å²) in [5.41, 5.74) is 1.75. The molecule has 4 nitrogen and oxygen atoms in total. The Labute approximate surface area is 107 Å². The van der Waals surface area contributed by atoms with Crippen LogP contribution in [0.25, 0.3) is 0 Å². The summed E-state index contributed by atoms with van der Waals surface area (Å²) in [5.74, 6) is -0.316. The number of hydrogen-bond acceptors (Lipinski definition) is 4. The minimum Gasteiger partial charge on any atom is -0.465 e. The molecule has 0 fully saturated rings. The van der Waals surface area contributed by atoms with Gasteiger partial charge in [-0.1, -0.05) is 12.1 Å². The number of esters is 1. The third-order valence-electron chi connectivity index (χ3n) is 2.65. The fourth-order valence-electron chi connectivity index (χ4n) is 1.65. The Hall–Kier alpha value is -1.84. The largest absolute Gasteiger partial charge is 0.465 e. The summed E-state index contributed by atoms with van der Waals surface area (Å²) in [6, 6.07) is 7.40. The summed E-state index contributed by atoms with van der Waals surface area (Å²) in [7, 11) is 1.37. The Bertz CT molecular complexity index is 370. The standard InChI is InChI=1S/C14H17O4/c1-17-14(16)13-8-6-12(7-9-13)5-3-2-4-10-18-11-15/h6-9H,2-5,10H2,1H3. The Morgan fingerprint density at radius 3 is 2.50 bits per heavy atom. The molecular formula is C14H17O4. The van der Waals surface area contributed by atoms with Crippen LogP contribution in [0.4, 0.5) is 0 Å². The minimum absolute atomic E-state index is 0.316. The Kier molecular flexibility index (Phi) is 6.54. The van der Waals surface area contributed by atoms with Crippen LogP contribution in [0.3, 0.4) is 0 Å². The second kappa shape index (κ2) is 8.28. The molecular weight excluding hydrogens is 232 g/mol. The zero-order valence-corrected chi connectivity index (χ0v) is 10.5. The lowest BCUT2D eigenvalue weighted by Gasteiger charge is -2.03. The molecule has 1 aromatic rings. The van der Waals surface area contributed by atoms with Crippen LogP contribution in [0.15, 0.2) is 24.3 Å². The summed E-state index contributed by atoms with van der Waals surface area (Å²) in [6.07, 6.45) is 3.84. The normalized spacial score (nSPS) is 9.83. The van der Waals surface area contributed by atoms with Gasteiger partial charge in [0.15, 0.2) is 0 Å². The number of ether oxygens (including phenoxy) is 2. The molecule has 97 valence electrons. The highest BCUT2D eigenvalue weighted by Crippen LogP contribution is 2.09. The lowest BCUT2D eigenvalue weighted by Crippen LogP contribution is -2.00. The monoisotopic (exact) mass is 249 g/mol. The maximum absolute atomic E-state index is 11.2. The van der Waals surface area contributed by atoms with Crippen LogP contribution in [0.1, 0.15) is 35.2 Å². The maximum Gasteiger partial charge on any atom is 0.417 e. The van der Waals surface area contributed by atoms with E-state index >= 15 is 0 Å². The van der Waals surface area contributed by atoms with Gasteiger partial charge in [0.05, 0.1) is 19.3 Å². The molecule has 0 aliphatic heterocycles. The molecule has 4 heteroatoms. The second-order valence-electron chi connectivity index (χ2n) is 3.93. The molecule has 1 rings (SSSR count). The van der Waals surface area contributed by atoms with E-state index in [1.165, 1.54) is 19.1 Å². The molecule has 0 saturated carbocycles. The summed E-state index contributed by atoms with van der Waals surface area (Å²) in [4.78, 5) is 21.0. The molecule has 1 radical (unpaired) electrons. The van der Waals surface area contributed by atoms with Crippen molar-refractivity contribution in [3.05, 3.63) is 35.4 Å². The Morgan fingerprint density at radius 1 is 1.17 bits per heavy atom. The number of carbonyl (C=O) groups excluding carboxylic acids is 2. The van der Waals surface area contributed by atoms with Gasteiger partial charge in [-0.05, 0) is 43.4 Å². The summed E-state index contributed by atoms with van der Waals surface area (Å²) >= 11 is 0. The Morgan fingerprint density at radius 2 is 1.89 bits per heavy atom. The summed E-state index contributed by atoms with van der Waals surface area (Å²) < 4.78 is 9.11. The van der Waals surface area contributed by atoms with E-state index in [9.17, 15) is 9.59 Å². The maximum atomic E-state index is 11.2. The van der Waals surface area contributed by atoms with Crippen molar-refractivity contribution in [3.63, 3.8) is 0 Å². The van der Waals surface area contributed by atoms with Crippen LogP contribution in [0.5, 0.6) is 0 Å². The Balaban J connectivity index is 2.26. The molecule has 0 unspecified atom stereocenters. The minimum atomic E-state index is -0.316. The molecule has 0 bridgehead atoms. The highest BCUT2D eigenvalue weighted by Gasteiger charge is 2.03. The van der Waals surface area contributed by atoms with Gasteiger partial charge in [-0.15, -0.1) is 0 Å². The van der Waals surface area contributed by atoms with Gasteiger partial charge < -0.3 is 9.47 Å². The van der Waals surface area contributed by atoms with E-state index in [2.05, 4.69) is 9.47 Å². The first-order valence-corrected chi connectivity index (χ1v) is 5.94. The number of carbonyl (C=O) groups is 1. The summed E-state index contributed by atoms with van der Waals surface area (Å²) in [6.45, 7) is 1.84. The van der Waals surface area contributed by atoms with Crippen LogP contribution in [-0.2, 0) is 20.7 Å². The van der Waals surface area contributed by atoms with E-state index in [-0.39, 0.29) is 5.97 Å². The molecule has 0 aliphatic rings. The third kappa shape index (κ3) is 4.99. The number of methoxy groups -OCH3 is 1. The van der Waals surface area contributed by atoms with Crippen molar-refractivity contribution in [1.82, 2.24) is 0 Å². The van der Waals surface area contributed by atoms with Gasteiger partial charge >= 0.3 is 12.4 Å². The van der Waals surface area contributed by atoms with Crippen molar-refractivity contribution in [1.29, 1.82) is 0 Å². The van der Waals surface area contributed by atoms with Crippen molar-refractivity contribution >= 4 is 12.4 Å². The molecule has 0 spiro atoms. The number of hydrogen-bond donors (Lipinski definition) is 0. The quantitative estimate of drug-likeness (QED) is 0.524.